The molecule has 5 rings (SSSR count). The largest absolute Gasteiger partial charge is 0.493 e. The fraction of sp³-hybridized carbons (Fsp3) is 0.480. The molecular formula is C25H32N6O2. The molecule has 1 aliphatic heterocycles. The maximum absolute atomic E-state index is 13.1. The summed E-state index contributed by atoms with van der Waals surface area (Å²) in [5.74, 6) is 0.951. The SMILES string of the molecule is CCCN1CCC[C@@H](n2c(=O)[nH]c3cc(-c4cc(OC)c5ncnn5c4)c(C(C)C)cc32)C1. The lowest BCUT2D eigenvalue weighted by Gasteiger charge is -2.33. The smallest absolute Gasteiger partial charge is 0.326 e. The van der Waals surface area contributed by atoms with Crippen LogP contribution in [0.25, 0.3) is 27.8 Å². The number of likely N-dealkylation sites (tertiary alicyclic amines) is 1. The lowest BCUT2D eigenvalue weighted by Crippen LogP contribution is -2.39. The first-order valence-electron chi connectivity index (χ1n) is 11.9. The number of hydrogen-bond donors (Lipinski definition) is 1. The fourth-order valence-electron chi connectivity index (χ4n) is 5.23. The third-order valence-electron chi connectivity index (χ3n) is 6.77. The molecule has 3 aromatic heterocycles. The molecular weight excluding hydrogens is 416 g/mol. The minimum atomic E-state index is -0.0236. The predicted octanol–water partition coefficient (Wildman–Crippen LogP) is 4.22. The molecule has 8 nitrogen and oxygen atoms in total. The summed E-state index contributed by atoms with van der Waals surface area (Å²) >= 11 is 0. The molecule has 174 valence electrons. The summed E-state index contributed by atoms with van der Waals surface area (Å²) in [6, 6.07) is 6.50. The van der Waals surface area contributed by atoms with Crippen molar-refractivity contribution >= 4 is 16.7 Å². The molecule has 1 aromatic carbocycles. The Morgan fingerprint density at radius 2 is 2.12 bits per heavy atom. The van der Waals surface area contributed by atoms with Gasteiger partial charge in [0.1, 0.15) is 6.33 Å². The summed E-state index contributed by atoms with van der Waals surface area (Å²) in [5, 5.41) is 4.31. The van der Waals surface area contributed by atoms with E-state index in [0.29, 0.717) is 11.4 Å². The summed E-state index contributed by atoms with van der Waals surface area (Å²) < 4.78 is 9.31. The van der Waals surface area contributed by atoms with Crippen LogP contribution < -0.4 is 10.4 Å². The highest BCUT2D eigenvalue weighted by molar-refractivity contribution is 5.85. The Hall–Kier alpha value is -3.13. The second kappa shape index (κ2) is 8.67. The van der Waals surface area contributed by atoms with Gasteiger partial charge in [-0.2, -0.15) is 5.10 Å². The van der Waals surface area contributed by atoms with E-state index < -0.39 is 0 Å². The molecule has 0 radical (unpaired) electrons. The molecule has 0 saturated carbocycles. The summed E-state index contributed by atoms with van der Waals surface area (Å²) in [7, 11) is 1.64. The molecule has 1 saturated heterocycles. The van der Waals surface area contributed by atoms with E-state index >= 15 is 0 Å². The van der Waals surface area contributed by atoms with Gasteiger partial charge in [-0.05, 0) is 67.6 Å². The Morgan fingerprint density at radius 1 is 1.27 bits per heavy atom. The molecule has 0 amide bonds. The van der Waals surface area contributed by atoms with Gasteiger partial charge >= 0.3 is 5.69 Å². The van der Waals surface area contributed by atoms with E-state index in [1.807, 2.05) is 16.8 Å². The Kier molecular flexibility index (Phi) is 5.70. The number of H-pyrrole nitrogens is 1. The number of methoxy groups -OCH3 is 1. The fourth-order valence-corrected chi connectivity index (χ4v) is 5.23. The topological polar surface area (TPSA) is 80.5 Å². The van der Waals surface area contributed by atoms with Crippen LogP contribution in [0.2, 0.25) is 0 Å². The van der Waals surface area contributed by atoms with Crippen LogP contribution >= 0.6 is 0 Å². The van der Waals surface area contributed by atoms with Crippen LogP contribution in [0.5, 0.6) is 5.75 Å². The Labute approximate surface area is 193 Å². The average Bonchev–Trinajstić information content (AvgIpc) is 3.40. The average molecular weight is 449 g/mol. The van der Waals surface area contributed by atoms with Gasteiger partial charge in [-0.25, -0.2) is 14.3 Å². The predicted molar refractivity (Wildman–Crippen MR) is 130 cm³/mol. The Balaban J connectivity index is 1.65. The number of aromatic amines is 1. The van der Waals surface area contributed by atoms with Gasteiger partial charge in [-0.1, -0.05) is 20.8 Å². The standard InChI is InChI=1S/C25H32N6O2/c1-5-8-29-9-6-7-18(14-29)31-22-12-19(16(2)3)20(11-21(22)28-25(31)32)17-10-23(33-4)24-26-15-27-30(24)13-17/h10-13,15-16,18H,5-9,14H2,1-4H3,(H,28,32)/t18-/m1/s1. The second-order valence-electron chi connectivity index (χ2n) is 9.33. The maximum Gasteiger partial charge on any atom is 0.326 e. The van der Waals surface area contributed by atoms with Crippen molar-refractivity contribution in [2.45, 2.75) is 52.0 Å². The highest BCUT2D eigenvalue weighted by atomic mass is 16.5. The van der Waals surface area contributed by atoms with Gasteiger partial charge in [0.2, 0.25) is 0 Å². The number of nitrogens with zero attached hydrogens (tertiary/aromatic N) is 5. The van der Waals surface area contributed by atoms with Crippen molar-refractivity contribution in [2.75, 3.05) is 26.7 Å². The van der Waals surface area contributed by atoms with Crippen molar-refractivity contribution in [1.82, 2.24) is 29.0 Å². The lowest BCUT2D eigenvalue weighted by molar-refractivity contribution is 0.178. The maximum atomic E-state index is 13.1. The van der Waals surface area contributed by atoms with E-state index in [1.165, 1.54) is 11.9 Å². The highest BCUT2D eigenvalue weighted by Gasteiger charge is 2.25. The minimum Gasteiger partial charge on any atom is -0.493 e. The van der Waals surface area contributed by atoms with E-state index in [1.54, 1.807) is 11.6 Å². The van der Waals surface area contributed by atoms with Gasteiger partial charge < -0.3 is 14.6 Å². The van der Waals surface area contributed by atoms with Crippen molar-refractivity contribution in [1.29, 1.82) is 0 Å². The molecule has 1 aliphatic rings. The van der Waals surface area contributed by atoms with E-state index in [4.69, 9.17) is 4.74 Å². The van der Waals surface area contributed by atoms with Crippen LogP contribution in [0, 0.1) is 0 Å². The monoisotopic (exact) mass is 448 g/mol. The van der Waals surface area contributed by atoms with Gasteiger partial charge in [0.05, 0.1) is 24.2 Å². The van der Waals surface area contributed by atoms with E-state index in [9.17, 15) is 4.79 Å². The van der Waals surface area contributed by atoms with Crippen molar-refractivity contribution in [2.24, 2.45) is 0 Å². The number of ether oxygens (including phenoxy) is 1. The molecule has 8 heteroatoms. The van der Waals surface area contributed by atoms with Gasteiger partial charge in [-0.15, -0.1) is 0 Å². The molecule has 33 heavy (non-hydrogen) atoms. The zero-order chi connectivity index (χ0) is 23.1. The van der Waals surface area contributed by atoms with Gasteiger partial charge in [-0.3, -0.25) is 4.57 Å². The number of nitrogens with one attached hydrogen (secondary N) is 1. The quantitative estimate of drug-likeness (QED) is 0.478. The van der Waals surface area contributed by atoms with Gasteiger partial charge in [0.15, 0.2) is 11.4 Å². The first kappa shape index (κ1) is 21.7. The van der Waals surface area contributed by atoms with Crippen molar-refractivity contribution < 1.29 is 4.74 Å². The molecule has 0 bridgehead atoms. The van der Waals surface area contributed by atoms with E-state index in [-0.39, 0.29) is 17.6 Å². The van der Waals surface area contributed by atoms with Crippen LogP contribution in [-0.4, -0.2) is 55.8 Å². The molecule has 0 unspecified atom stereocenters. The molecule has 1 N–H and O–H groups in total. The Bertz CT molecular complexity index is 1350. The van der Waals surface area contributed by atoms with Gasteiger partial charge in [0, 0.05) is 18.3 Å². The molecule has 0 aliphatic carbocycles. The van der Waals surface area contributed by atoms with Crippen LogP contribution in [0.15, 0.2) is 35.5 Å². The molecule has 4 heterocycles. The van der Waals surface area contributed by atoms with Crippen LogP contribution in [0.4, 0.5) is 0 Å². The third kappa shape index (κ3) is 3.82. The first-order chi connectivity index (χ1) is 16.0. The molecule has 4 aromatic rings. The normalized spacial score (nSPS) is 17.4. The number of pyridine rings is 1. The van der Waals surface area contributed by atoms with Crippen LogP contribution in [0.3, 0.4) is 0 Å². The number of benzene rings is 1. The molecule has 1 atom stereocenters. The van der Waals surface area contributed by atoms with Crippen LogP contribution in [-0.2, 0) is 0 Å². The third-order valence-corrected chi connectivity index (χ3v) is 6.77. The van der Waals surface area contributed by atoms with Gasteiger partial charge in [0.25, 0.3) is 0 Å². The van der Waals surface area contributed by atoms with Crippen molar-refractivity contribution in [3.63, 3.8) is 0 Å². The molecule has 1 fully saturated rings. The van der Waals surface area contributed by atoms with Crippen molar-refractivity contribution in [3.8, 4) is 16.9 Å². The number of piperidine rings is 1. The number of rotatable bonds is 6. The number of fused-ring (bicyclic) bond motifs is 2. The highest BCUT2D eigenvalue weighted by Crippen LogP contribution is 2.36. The zero-order valence-corrected chi connectivity index (χ0v) is 19.8. The second-order valence-corrected chi connectivity index (χ2v) is 9.33. The van der Waals surface area contributed by atoms with Crippen molar-refractivity contribution in [3.05, 3.63) is 46.8 Å². The number of imidazole rings is 1. The number of aromatic nitrogens is 5. The summed E-state index contributed by atoms with van der Waals surface area (Å²) in [4.78, 5) is 23.0. The minimum absolute atomic E-state index is 0.0236. The lowest BCUT2D eigenvalue weighted by atomic mass is 9.92. The zero-order valence-electron chi connectivity index (χ0n) is 19.8. The summed E-state index contributed by atoms with van der Waals surface area (Å²) in [6.07, 6.45) is 6.78. The summed E-state index contributed by atoms with van der Waals surface area (Å²) in [6.45, 7) is 9.73. The van der Waals surface area contributed by atoms with Crippen LogP contribution in [0.1, 0.15) is 57.6 Å². The van der Waals surface area contributed by atoms with E-state index in [2.05, 4.69) is 52.9 Å². The Morgan fingerprint density at radius 3 is 2.88 bits per heavy atom. The number of hydrogen-bond acceptors (Lipinski definition) is 5. The van der Waals surface area contributed by atoms with E-state index in [0.717, 1.165) is 61.1 Å². The summed E-state index contributed by atoms with van der Waals surface area (Å²) in [5.41, 5.74) is 5.76. The molecule has 0 spiro atoms. The first-order valence-corrected chi connectivity index (χ1v) is 11.9.